The molecule has 0 bridgehead atoms. The highest BCUT2D eigenvalue weighted by atomic mass is 32.2. The minimum Gasteiger partial charge on any atom is -0.352 e. The number of amides is 1. The number of thioether (sulfide) groups is 1. The van der Waals surface area contributed by atoms with Gasteiger partial charge in [0.2, 0.25) is 0 Å². The monoisotopic (exact) mass is 356 g/mol. The van der Waals surface area contributed by atoms with Gasteiger partial charge in [-0.05, 0) is 48.6 Å². The molecular formula is C18H17FN4OS. The molecule has 1 N–H and O–H groups in total. The van der Waals surface area contributed by atoms with E-state index < -0.39 is 0 Å². The second kappa shape index (κ2) is 8.43. The van der Waals surface area contributed by atoms with Crippen LogP contribution < -0.4 is 5.32 Å². The van der Waals surface area contributed by atoms with Gasteiger partial charge in [-0.3, -0.25) is 9.36 Å². The van der Waals surface area contributed by atoms with E-state index in [0.717, 1.165) is 17.1 Å². The van der Waals surface area contributed by atoms with Crippen LogP contribution in [0, 0.1) is 5.82 Å². The maximum atomic E-state index is 12.8. The molecule has 0 saturated heterocycles. The second-order valence-electron chi connectivity index (χ2n) is 5.29. The Balaban J connectivity index is 1.41. The van der Waals surface area contributed by atoms with Crippen molar-refractivity contribution in [2.75, 3.05) is 12.3 Å². The summed E-state index contributed by atoms with van der Waals surface area (Å²) in [6.07, 6.45) is 7.50. The summed E-state index contributed by atoms with van der Waals surface area (Å²) in [7, 11) is 0. The number of rotatable bonds is 7. The summed E-state index contributed by atoms with van der Waals surface area (Å²) >= 11 is 1.64. The van der Waals surface area contributed by atoms with Crippen molar-refractivity contribution in [3.63, 3.8) is 0 Å². The molecule has 1 aromatic carbocycles. The fraction of sp³-hybridized carbons (Fsp3) is 0.167. The van der Waals surface area contributed by atoms with Gasteiger partial charge < -0.3 is 5.32 Å². The third kappa shape index (κ3) is 4.90. The van der Waals surface area contributed by atoms with Crippen LogP contribution in [0.1, 0.15) is 16.8 Å². The van der Waals surface area contributed by atoms with Gasteiger partial charge >= 0.3 is 0 Å². The van der Waals surface area contributed by atoms with Crippen molar-refractivity contribution in [1.82, 2.24) is 19.9 Å². The lowest BCUT2D eigenvalue weighted by Crippen LogP contribution is -2.25. The van der Waals surface area contributed by atoms with Crippen molar-refractivity contribution in [2.45, 2.75) is 11.3 Å². The van der Waals surface area contributed by atoms with Crippen LogP contribution in [0.2, 0.25) is 0 Å². The summed E-state index contributed by atoms with van der Waals surface area (Å²) in [5.74, 6) is 1.19. The average molecular weight is 356 g/mol. The van der Waals surface area contributed by atoms with E-state index >= 15 is 0 Å². The lowest BCUT2D eigenvalue weighted by Gasteiger charge is -2.06. The van der Waals surface area contributed by atoms with Crippen molar-refractivity contribution >= 4 is 17.7 Å². The molecule has 1 amide bonds. The molecule has 128 valence electrons. The number of nitrogens with zero attached hydrogens (tertiary/aromatic N) is 3. The Kier molecular flexibility index (Phi) is 5.79. The van der Waals surface area contributed by atoms with Crippen LogP contribution >= 0.6 is 11.8 Å². The Morgan fingerprint density at radius 2 is 2.04 bits per heavy atom. The highest BCUT2D eigenvalue weighted by Gasteiger charge is 2.06. The van der Waals surface area contributed by atoms with Crippen LogP contribution in [-0.2, 0) is 0 Å². The first-order valence-electron chi connectivity index (χ1n) is 7.83. The maximum Gasteiger partial charge on any atom is 0.252 e. The molecule has 0 aliphatic heterocycles. The second-order valence-corrected chi connectivity index (χ2v) is 6.46. The summed E-state index contributed by atoms with van der Waals surface area (Å²) in [5, 5.41) is 2.88. The number of imidazole rings is 1. The van der Waals surface area contributed by atoms with Gasteiger partial charge in [-0.25, -0.2) is 14.4 Å². The predicted molar refractivity (Wildman–Crippen MR) is 95.4 cm³/mol. The molecule has 0 aliphatic carbocycles. The van der Waals surface area contributed by atoms with Gasteiger partial charge in [-0.1, -0.05) is 0 Å². The average Bonchev–Trinajstić information content (AvgIpc) is 3.18. The maximum absolute atomic E-state index is 12.8. The molecule has 0 aliphatic rings. The number of carbonyl (C=O) groups is 1. The quantitative estimate of drug-likeness (QED) is 0.521. The van der Waals surface area contributed by atoms with Crippen molar-refractivity contribution < 1.29 is 9.18 Å². The van der Waals surface area contributed by atoms with E-state index in [0.29, 0.717) is 17.9 Å². The summed E-state index contributed by atoms with van der Waals surface area (Å²) < 4.78 is 14.6. The van der Waals surface area contributed by atoms with Crippen LogP contribution in [-0.4, -0.2) is 32.7 Å². The molecule has 0 unspecified atom stereocenters. The third-order valence-corrected chi connectivity index (χ3v) is 4.57. The Bertz CT molecular complexity index is 804. The van der Waals surface area contributed by atoms with Gasteiger partial charge in [0, 0.05) is 30.0 Å². The Hall–Kier alpha value is -2.67. The Morgan fingerprint density at radius 1 is 1.20 bits per heavy atom. The van der Waals surface area contributed by atoms with Gasteiger partial charge in [-0.2, -0.15) is 0 Å². The third-order valence-electron chi connectivity index (χ3n) is 3.47. The van der Waals surface area contributed by atoms with Crippen molar-refractivity contribution in [3.8, 4) is 5.82 Å². The highest BCUT2D eigenvalue weighted by molar-refractivity contribution is 7.99. The molecule has 2 aromatic heterocycles. The summed E-state index contributed by atoms with van der Waals surface area (Å²) in [5.41, 5.74) is 0.523. The zero-order valence-corrected chi connectivity index (χ0v) is 14.2. The standard InChI is InChI=1S/C18H17FN4OS/c19-15-3-5-16(6-4-15)25-11-1-8-21-18(24)14-2-7-17(22-12-14)23-10-9-20-13-23/h2-7,9-10,12-13H,1,8,11H2,(H,21,24). The number of hydrogen-bond acceptors (Lipinski definition) is 4. The molecule has 7 heteroatoms. The zero-order valence-electron chi connectivity index (χ0n) is 13.4. The number of carbonyl (C=O) groups excluding carboxylic acids is 1. The van der Waals surface area contributed by atoms with Gasteiger partial charge in [0.25, 0.3) is 5.91 Å². The molecule has 2 heterocycles. The van der Waals surface area contributed by atoms with Crippen molar-refractivity contribution in [2.24, 2.45) is 0 Å². The van der Waals surface area contributed by atoms with E-state index in [2.05, 4.69) is 15.3 Å². The minimum absolute atomic E-state index is 0.142. The lowest BCUT2D eigenvalue weighted by molar-refractivity contribution is 0.0953. The molecule has 0 atom stereocenters. The molecule has 25 heavy (non-hydrogen) atoms. The van der Waals surface area contributed by atoms with Crippen molar-refractivity contribution in [1.29, 1.82) is 0 Å². The molecule has 0 radical (unpaired) electrons. The van der Waals surface area contributed by atoms with Crippen molar-refractivity contribution in [3.05, 3.63) is 72.7 Å². The van der Waals surface area contributed by atoms with Crippen LogP contribution in [0.5, 0.6) is 0 Å². The van der Waals surface area contributed by atoms with E-state index in [1.54, 1.807) is 65.5 Å². The van der Waals surface area contributed by atoms with Crippen LogP contribution in [0.15, 0.2) is 66.2 Å². The normalized spacial score (nSPS) is 10.6. The molecule has 3 aromatic rings. The zero-order chi connectivity index (χ0) is 17.5. The van der Waals surface area contributed by atoms with E-state index in [-0.39, 0.29) is 11.7 Å². The SMILES string of the molecule is O=C(NCCCSc1ccc(F)cc1)c1ccc(-n2ccnc2)nc1. The van der Waals surface area contributed by atoms with E-state index in [1.165, 1.54) is 12.1 Å². The number of nitrogens with one attached hydrogen (secondary N) is 1. The molecule has 0 saturated carbocycles. The summed E-state index contributed by atoms with van der Waals surface area (Å²) in [6, 6.07) is 9.93. The number of hydrogen-bond donors (Lipinski definition) is 1. The first-order valence-corrected chi connectivity index (χ1v) is 8.82. The predicted octanol–water partition coefficient (Wildman–Crippen LogP) is 3.32. The Morgan fingerprint density at radius 3 is 2.72 bits per heavy atom. The van der Waals surface area contributed by atoms with E-state index in [9.17, 15) is 9.18 Å². The van der Waals surface area contributed by atoms with Crippen LogP contribution in [0.3, 0.4) is 0 Å². The summed E-state index contributed by atoms with van der Waals surface area (Å²) in [4.78, 5) is 21.3. The fourth-order valence-electron chi connectivity index (χ4n) is 2.16. The topological polar surface area (TPSA) is 59.8 Å². The summed E-state index contributed by atoms with van der Waals surface area (Å²) in [6.45, 7) is 0.580. The highest BCUT2D eigenvalue weighted by Crippen LogP contribution is 2.18. The molecule has 0 fully saturated rings. The minimum atomic E-state index is -0.232. The molecule has 3 rings (SSSR count). The van der Waals surface area contributed by atoms with E-state index in [4.69, 9.17) is 0 Å². The largest absolute Gasteiger partial charge is 0.352 e. The molecule has 5 nitrogen and oxygen atoms in total. The van der Waals surface area contributed by atoms with Gasteiger partial charge in [0.05, 0.1) is 5.56 Å². The van der Waals surface area contributed by atoms with Crippen LogP contribution in [0.4, 0.5) is 4.39 Å². The van der Waals surface area contributed by atoms with Crippen LogP contribution in [0.25, 0.3) is 5.82 Å². The first-order chi connectivity index (χ1) is 12.2. The first kappa shape index (κ1) is 17.2. The van der Waals surface area contributed by atoms with Gasteiger partial charge in [-0.15, -0.1) is 11.8 Å². The Labute approximate surface area is 149 Å². The number of aromatic nitrogens is 3. The van der Waals surface area contributed by atoms with E-state index in [1.807, 2.05) is 0 Å². The molecule has 0 spiro atoms. The van der Waals surface area contributed by atoms with Gasteiger partial charge in [0.1, 0.15) is 18.0 Å². The lowest BCUT2D eigenvalue weighted by atomic mass is 10.2. The fourth-order valence-corrected chi connectivity index (χ4v) is 3.02. The number of halogens is 1. The number of pyridine rings is 1. The molecular weight excluding hydrogens is 339 g/mol. The number of benzene rings is 1. The van der Waals surface area contributed by atoms with Gasteiger partial charge in [0.15, 0.2) is 0 Å². The smallest absolute Gasteiger partial charge is 0.252 e.